The Balaban J connectivity index is 2.67. The third-order valence-electron chi connectivity index (χ3n) is 1.67. The van der Waals surface area contributed by atoms with E-state index in [9.17, 15) is 0 Å². The molecule has 0 saturated heterocycles. The van der Waals surface area contributed by atoms with Crippen LogP contribution >= 0.6 is 0 Å². The van der Waals surface area contributed by atoms with E-state index < -0.39 is 0 Å². The van der Waals surface area contributed by atoms with Gasteiger partial charge in [0.2, 0.25) is 0 Å². The van der Waals surface area contributed by atoms with Gasteiger partial charge in [0.15, 0.2) is 0 Å². The van der Waals surface area contributed by atoms with Gasteiger partial charge in [0.05, 0.1) is 18.2 Å². The van der Waals surface area contributed by atoms with Gasteiger partial charge in [-0.2, -0.15) is 0 Å². The predicted molar refractivity (Wildman–Crippen MR) is 42.1 cm³/mol. The molecule has 1 aliphatic rings. The first-order valence-electron chi connectivity index (χ1n) is 3.62. The van der Waals surface area contributed by atoms with Crippen LogP contribution in [0.3, 0.4) is 0 Å². The standard InChI is InChI=1S/C7H11N3O/c1-5-3-4-7(9-10-8)6(2)11-5/h3-7H,1-2H3/t5?,6?,7-/m1/s1. The molecule has 0 aliphatic carbocycles. The molecule has 0 N–H and O–H groups in total. The molecule has 0 spiro atoms. The van der Waals surface area contributed by atoms with Crippen LogP contribution in [0.5, 0.6) is 0 Å². The van der Waals surface area contributed by atoms with Gasteiger partial charge in [-0.3, -0.25) is 0 Å². The summed E-state index contributed by atoms with van der Waals surface area (Å²) in [6.07, 6.45) is 3.92. The van der Waals surface area contributed by atoms with Gasteiger partial charge < -0.3 is 4.74 Å². The second kappa shape index (κ2) is 3.42. The Morgan fingerprint density at radius 1 is 1.45 bits per heavy atom. The van der Waals surface area contributed by atoms with Gasteiger partial charge in [-0.25, -0.2) is 0 Å². The van der Waals surface area contributed by atoms with Crippen molar-refractivity contribution in [2.75, 3.05) is 0 Å². The van der Waals surface area contributed by atoms with Crippen molar-refractivity contribution in [1.82, 2.24) is 0 Å². The van der Waals surface area contributed by atoms with Crippen LogP contribution in [0.1, 0.15) is 13.8 Å². The highest BCUT2D eigenvalue weighted by Gasteiger charge is 2.19. The molecule has 0 saturated carbocycles. The summed E-state index contributed by atoms with van der Waals surface area (Å²) < 4.78 is 5.40. The first-order chi connectivity index (χ1) is 5.24. The van der Waals surface area contributed by atoms with Crippen LogP contribution in [0.2, 0.25) is 0 Å². The summed E-state index contributed by atoms with van der Waals surface area (Å²) in [6.45, 7) is 3.86. The molecule has 1 aliphatic heterocycles. The van der Waals surface area contributed by atoms with Crippen molar-refractivity contribution < 1.29 is 4.74 Å². The number of hydrogen-bond donors (Lipinski definition) is 0. The van der Waals surface area contributed by atoms with Crippen LogP contribution in [-0.2, 0) is 4.74 Å². The van der Waals surface area contributed by atoms with Crippen molar-refractivity contribution >= 4 is 0 Å². The molecule has 0 aromatic carbocycles. The Bertz CT molecular complexity index is 208. The van der Waals surface area contributed by atoms with Gasteiger partial charge in [0, 0.05) is 4.91 Å². The van der Waals surface area contributed by atoms with Crippen LogP contribution < -0.4 is 0 Å². The summed E-state index contributed by atoms with van der Waals surface area (Å²) in [5.74, 6) is 0. The number of rotatable bonds is 1. The molecule has 0 aromatic heterocycles. The average molecular weight is 153 g/mol. The van der Waals surface area contributed by atoms with Crippen molar-refractivity contribution in [3.8, 4) is 0 Å². The summed E-state index contributed by atoms with van der Waals surface area (Å²) in [5.41, 5.74) is 8.17. The smallest absolute Gasteiger partial charge is 0.0816 e. The van der Waals surface area contributed by atoms with E-state index in [1.807, 2.05) is 26.0 Å². The first kappa shape index (κ1) is 8.11. The summed E-state index contributed by atoms with van der Waals surface area (Å²) in [4.78, 5) is 2.73. The molecule has 11 heavy (non-hydrogen) atoms. The molecule has 0 radical (unpaired) electrons. The second-order valence-electron chi connectivity index (χ2n) is 2.63. The molecule has 3 atom stereocenters. The molecule has 1 heterocycles. The predicted octanol–water partition coefficient (Wildman–Crippen LogP) is 2.03. The van der Waals surface area contributed by atoms with Gasteiger partial charge in [0.25, 0.3) is 0 Å². The van der Waals surface area contributed by atoms with E-state index in [-0.39, 0.29) is 18.2 Å². The monoisotopic (exact) mass is 153 g/mol. The lowest BCUT2D eigenvalue weighted by Gasteiger charge is -2.24. The zero-order chi connectivity index (χ0) is 8.27. The van der Waals surface area contributed by atoms with Crippen molar-refractivity contribution in [3.05, 3.63) is 22.6 Å². The highest BCUT2D eigenvalue weighted by molar-refractivity contribution is 5.03. The molecule has 4 heteroatoms. The van der Waals surface area contributed by atoms with E-state index in [0.29, 0.717) is 0 Å². The van der Waals surface area contributed by atoms with E-state index in [0.717, 1.165) is 0 Å². The second-order valence-corrected chi connectivity index (χ2v) is 2.63. The Labute approximate surface area is 65.5 Å². The quantitative estimate of drug-likeness (QED) is 0.246. The lowest BCUT2D eigenvalue weighted by Crippen LogP contribution is -2.29. The summed E-state index contributed by atoms with van der Waals surface area (Å²) in [6, 6.07) is -0.142. The lowest BCUT2D eigenvalue weighted by atomic mass is 10.1. The zero-order valence-electron chi connectivity index (χ0n) is 6.64. The number of azide groups is 1. The van der Waals surface area contributed by atoms with Crippen LogP contribution in [0.25, 0.3) is 10.4 Å². The SMILES string of the molecule is CC1C=C[C@@H](N=[N+]=[N-])C(C)O1. The van der Waals surface area contributed by atoms with Crippen molar-refractivity contribution in [2.45, 2.75) is 32.1 Å². The number of hydrogen-bond acceptors (Lipinski definition) is 2. The Kier molecular flexibility index (Phi) is 2.52. The Morgan fingerprint density at radius 2 is 2.18 bits per heavy atom. The fourth-order valence-corrected chi connectivity index (χ4v) is 1.08. The van der Waals surface area contributed by atoms with E-state index in [1.54, 1.807) is 0 Å². The van der Waals surface area contributed by atoms with Crippen LogP contribution in [-0.4, -0.2) is 18.2 Å². The topological polar surface area (TPSA) is 58.0 Å². The van der Waals surface area contributed by atoms with E-state index in [1.165, 1.54) is 0 Å². The third kappa shape index (κ3) is 1.97. The summed E-state index contributed by atoms with van der Waals surface area (Å²) in [5, 5.41) is 3.57. The minimum Gasteiger partial charge on any atom is -0.371 e. The maximum absolute atomic E-state index is 8.17. The molecule has 0 bridgehead atoms. The molecule has 2 unspecified atom stereocenters. The molecule has 1 rings (SSSR count). The van der Waals surface area contributed by atoms with Crippen molar-refractivity contribution in [3.63, 3.8) is 0 Å². The van der Waals surface area contributed by atoms with Crippen molar-refractivity contribution in [2.24, 2.45) is 5.11 Å². The fraction of sp³-hybridized carbons (Fsp3) is 0.714. The van der Waals surface area contributed by atoms with Gasteiger partial charge in [-0.15, -0.1) is 0 Å². The molecular formula is C7H11N3O. The molecule has 60 valence electrons. The van der Waals surface area contributed by atoms with Crippen LogP contribution in [0, 0.1) is 0 Å². The lowest BCUT2D eigenvalue weighted by molar-refractivity contribution is 0.0178. The largest absolute Gasteiger partial charge is 0.371 e. The minimum absolute atomic E-state index is 0.00843. The van der Waals surface area contributed by atoms with Crippen LogP contribution in [0.15, 0.2) is 17.3 Å². The molecular weight excluding hydrogens is 142 g/mol. The van der Waals surface area contributed by atoms with E-state index in [4.69, 9.17) is 10.3 Å². The summed E-state index contributed by atoms with van der Waals surface area (Å²) in [7, 11) is 0. The molecule has 4 nitrogen and oxygen atoms in total. The normalized spacial score (nSPS) is 36.4. The molecule has 0 amide bonds. The Morgan fingerprint density at radius 3 is 2.73 bits per heavy atom. The third-order valence-corrected chi connectivity index (χ3v) is 1.67. The minimum atomic E-state index is -0.142. The maximum Gasteiger partial charge on any atom is 0.0816 e. The average Bonchev–Trinajstić information content (AvgIpc) is 1.95. The van der Waals surface area contributed by atoms with Crippen LogP contribution in [0.4, 0.5) is 0 Å². The first-order valence-corrected chi connectivity index (χ1v) is 3.62. The van der Waals surface area contributed by atoms with E-state index in [2.05, 4.69) is 10.0 Å². The van der Waals surface area contributed by atoms with Gasteiger partial charge in [-0.05, 0) is 19.4 Å². The highest BCUT2D eigenvalue weighted by atomic mass is 16.5. The highest BCUT2D eigenvalue weighted by Crippen LogP contribution is 2.14. The van der Waals surface area contributed by atoms with Gasteiger partial charge >= 0.3 is 0 Å². The van der Waals surface area contributed by atoms with E-state index >= 15 is 0 Å². The fourth-order valence-electron chi connectivity index (χ4n) is 1.08. The van der Waals surface area contributed by atoms with Crippen molar-refractivity contribution in [1.29, 1.82) is 0 Å². The van der Waals surface area contributed by atoms with Gasteiger partial charge in [0.1, 0.15) is 0 Å². The maximum atomic E-state index is 8.17. The Hall–Kier alpha value is -0.990. The summed E-state index contributed by atoms with van der Waals surface area (Å²) >= 11 is 0. The molecule has 0 aromatic rings. The molecule has 0 fully saturated rings. The van der Waals surface area contributed by atoms with Gasteiger partial charge in [-0.1, -0.05) is 17.3 Å². The number of nitrogens with zero attached hydrogens (tertiary/aromatic N) is 3. The number of ether oxygens (including phenoxy) is 1. The zero-order valence-corrected chi connectivity index (χ0v) is 6.64.